The van der Waals surface area contributed by atoms with E-state index in [-0.39, 0.29) is 5.92 Å². The van der Waals surface area contributed by atoms with Crippen LogP contribution in [-0.2, 0) is 0 Å². The van der Waals surface area contributed by atoms with E-state index in [9.17, 15) is 5.11 Å². The molecule has 29 heavy (non-hydrogen) atoms. The largest absolute Gasteiger partial charge is 0.507 e. The summed E-state index contributed by atoms with van der Waals surface area (Å²) >= 11 is 0. The van der Waals surface area contributed by atoms with Crippen molar-refractivity contribution in [3.05, 3.63) is 63.8 Å². The second-order valence-electron chi connectivity index (χ2n) is 9.43. The molecule has 0 heterocycles. The Labute approximate surface area is 177 Å². The Bertz CT molecular complexity index is 1010. The molecular formula is C26H34O2Si. The van der Waals surface area contributed by atoms with E-state index in [2.05, 4.69) is 72.5 Å². The van der Waals surface area contributed by atoms with Crippen molar-refractivity contribution >= 4 is 13.3 Å². The molecule has 2 nitrogen and oxygen atoms in total. The van der Waals surface area contributed by atoms with Crippen LogP contribution in [0.25, 0.3) is 11.1 Å². The lowest BCUT2D eigenvalue weighted by Gasteiger charge is -2.25. The van der Waals surface area contributed by atoms with Crippen LogP contribution in [0, 0.1) is 6.92 Å². The summed E-state index contributed by atoms with van der Waals surface area (Å²) in [4.78, 5) is 0. The number of allylic oxidation sites excluding steroid dienone is 4. The Morgan fingerprint density at radius 2 is 1.45 bits per heavy atom. The molecule has 1 N–H and O–H groups in total. The summed E-state index contributed by atoms with van der Waals surface area (Å²) in [5, 5.41) is 12.4. The molecule has 0 aromatic heterocycles. The molecule has 154 valence electrons. The molecular weight excluding hydrogens is 372 g/mol. The summed E-state index contributed by atoms with van der Waals surface area (Å²) in [6.45, 7) is 17.8. The zero-order valence-electron chi connectivity index (χ0n) is 19.3. The molecule has 2 aromatic rings. The van der Waals surface area contributed by atoms with Crippen molar-refractivity contribution in [1.82, 2.24) is 0 Å². The monoisotopic (exact) mass is 406 g/mol. The minimum atomic E-state index is -1.69. The number of hydrogen-bond donors (Lipinski definition) is 1. The second-order valence-corrected chi connectivity index (χ2v) is 14.5. The normalized spacial score (nSPS) is 15.5. The fourth-order valence-corrected chi connectivity index (χ4v) is 6.10. The molecule has 0 atom stereocenters. The highest BCUT2D eigenvalue weighted by Gasteiger charge is 2.32. The van der Waals surface area contributed by atoms with Gasteiger partial charge in [0.25, 0.3) is 0 Å². The Morgan fingerprint density at radius 1 is 0.862 bits per heavy atom. The van der Waals surface area contributed by atoms with Crippen molar-refractivity contribution in [2.75, 3.05) is 7.11 Å². The highest BCUT2D eigenvalue weighted by atomic mass is 28.3. The van der Waals surface area contributed by atoms with Crippen LogP contribution in [0.15, 0.2) is 52.6 Å². The number of ether oxygens (including phenoxy) is 1. The van der Waals surface area contributed by atoms with Crippen LogP contribution in [0.1, 0.15) is 44.7 Å². The van der Waals surface area contributed by atoms with Crippen LogP contribution < -0.4 is 9.92 Å². The molecule has 1 aliphatic carbocycles. The van der Waals surface area contributed by atoms with Gasteiger partial charge in [-0.15, -0.1) is 0 Å². The van der Waals surface area contributed by atoms with E-state index >= 15 is 0 Å². The first kappa shape index (κ1) is 21.4. The van der Waals surface area contributed by atoms with Crippen LogP contribution in [0.2, 0.25) is 19.6 Å². The van der Waals surface area contributed by atoms with Gasteiger partial charge in [0.1, 0.15) is 11.5 Å². The summed E-state index contributed by atoms with van der Waals surface area (Å²) in [6.07, 6.45) is 0. The lowest BCUT2D eigenvalue weighted by molar-refractivity contribution is 0.409. The predicted octanol–water partition coefficient (Wildman–Crippen LogP) is 6.69. The van der Waals surface area contributed by atoms with Crippen molar-refractivity contribution in [2.24, 2.45) is 0 Å². The average molecular weight is 407 g/mol. The summed E-state index contributed by atoms with van der Waals surface area (Å²) < 4.78 is 5.84. The fraction of sp³-hybridized carbons (Fsp3) is 0.385. The van der Waals surface area contributed by atoms with Gasteiger partial charge in [0.2, 0.25) is 0 Å². The van der Waals surface area contributed by atoms with Gasteiger partial charge >= 0.3 is 0 Å². The van der Waals surface area contributed by atoms with E-state index < -0.39 is 8.07 Å². The number of hydrogen-bond acceptors (Lipinski definition) is 2. The summed E-state index contributed by atoms with van der Waals surface area (Å²) in [7, 11) is 0.0419. The van der Waals surface area contributed by atoms with Gasteiger partial charge in [0, 0.05) is 17.0 Å². The summed E-state index contributed by atoms with van der Waals surface area (Å²) in [5.41, 5.74) is 9.77. The molecule has 2 aromatic carbocycles. The van der Waals surface area contributed by atoms with Gasteiger partial charge in [-0.25, -0.2) is 0 Å². The van der Waals surface area contributed by atoms with Crippen molar-refractivity contribution in [2.45, 2.75) is 60.2 Å². The summed E-state index contributed by atoms with van der Waals surface area (Å²) in [5.74, 6) is 1.49. The predicted molar refractivity (Wildman–Crippen MR) is 127 cm³/mol. The van der Waals surface area contributed by atoms with E-state index in [1.54, 1.807) is 7.11 Å². The molecule has 0 unspecified atom stereocenters. The standard InChI is InChI=1S/C26H34O2Si/c1-15-13-21(26(27)23(14-15)29(7,8)9)20-11-10-12-22(28-6)25(20)24-18(4)16(2)17(3)19(24)5/h10-14,24,27H,1-9H3. The SMILES string of the molecule is COc1cccc(-c2cc(C)cc([Si](C)(C)C)c2O)c1C1C(C)=C(C)C(C)=C1C. The van der Waals surface area contributed by atoms with Gasteiger partial charge in [-0.1, -0.05) is 54.5 Å². The van der Waals surface area contributed by atoms with Gasteiger partial charge in [0.15, 0.2) is 0 Å². The number of phenols is 1. The first-order valence-electron chi connectivity index (χ1n) is 10.4. The minimum absolute atomic E-state index is 0.177. The molecule has 3 rings (SSSR count). The van der Waals surface area contributed by atoms with Crippen LogP contribution in [0.3, 0.4) is 0 Å². The van der Waals surface area contributed by atoms with Gasteiger partial charge in [-0.2, -0.15) is 0 Å². The van der Waals surface area contributed by atoms with E-state index in [1.807, 2.05) is 12.1 Å². The van der Waals surface area contributed by atoms with Crippen LogP contribution in [0.5, 0.6) is 11.5 Å². The van der Waals surface area contributed by atoms with Crippen LogP contribution in [-0.4, -0.2) is 20.3 Å². The Kier molecular flexibility index (Phi) is 5.57. The summed E-state index contributed by atoms with van der Waals surface area (Å²) in [6, 6.07) is 10.5. The third kappa shape index (κ3) is 3.57. The molecule has 0 saturated heterocycles. The highest BCUT2D eigenvalue weighted by molar-refractivity contribution is 6.89. The van der Waals surface area contributed by atoms with Crippen LogP contribution in [0.4, 0.5) is 0 Å². The molecule has 0 spiro atoms. The molecule has 0 fully saturated rings. The van der Waals surface area contributed by atoms with E-state index in [4.69, 9.17) is 4.74 Å². The van der Waals surface area contributed by atoms with Gasteiger partial charge < -0.3 is 9.84 Å². The Morgan fingerprint density at radius 3 is 1.97 bits per heavy atom. The molecule has 0 saturated carbocycles. The molecule has 1 aliphatic rings. The Hall–Kier alpha value is -2.26. The number of benzene rings is 2. The number of aryl methyl sites for hydroxylation is 1. The first-order chi connectivity index (χ1) is 13.5. The zero-order chi connectivity index (χ0) is 21.7. The van der Waals surface area contributed by atoms with Crippen molar-refractivity contribution in [1.29, 1.82) is 0 Å². The lowest BCUT2D eigenvalue weighted by Crippen LogP contribution is -2.38. The maximum atomic E-state index is 11.3. The third-order valence-electron chi connectivity index (χ3n) is 6.54. The number of aromatic hydroxyl groups is 1. The van der Waals surface area contributed by atoms with Crippen LogP contribution >= 0.6 is 0 Å². The Balaban J connectivity index is 2.37. The third-order valence-corrected chi connectivity index (χ3v) is 8.54. The number of methoxy groups -OCH3 is 1. The molecule has 0 radical (unpaired) electrons. The zero-order valence-corrected chi connectivity index (χ0v) is 20.3. The second kappa shape index (κ2) is 7.53. The molecule has 0 aliphatic heterocycles. The quantitative estimate of drug-likeness (QED) is 0.573. The molecule has 0 bridgehead atoms. The highest BCUT2D eigenvalue weighted by Crippen LogP contribution is 2.50. The lowest BCUT2D eigenvalue weighted by atomic mass is 9.83. The van der Waals surface area contributed by atoms with E-state index in [1.165, 1.54) is 27.9 Å². The average Bonchev–Trinajstić information content (AvgIpc) is 2.85. The molecule has 3 heteroatoms. The van der Waals surface area contributed by atoms with Gasteiger partial charge in [0.05, 0.1) is 15.2 Å². The van der Waals surface area contributed by atoms with Crippen molar-refractivity contribution in [3.8, 4) is 22.6 Å². The fourth-order valence-electron chi connectivity index (χ4n) is 4.59. The number of rotatable bonds is 4. The van der Waals surface area contributed by atoms with Crippen molar-refractivity contribution < 1.29 is 9.84 Å². The smallest absolute Gasteiger partial charge is 0.123 e. The molecule has 0 amide bonds. The number of phenolic OH excluding ortho intramolecular Hbond substituents is 1. The van der Waals surface area contributed by atoms with E-state index in [0.29, 0.717) is 5.75 Å². The van der Waals surface area contributed by atoms with Gasteiger partial charge in [-0.3, -0.25) is 0 Å². The first-order valence-corrected chi connectivity index (χ1v) is 13.9. The maximum Gasteiger partial charge on any atom is 0.123 e. The minimum Gasteiger partial charge on any atom is -0.507 e. The van der Waals surface area contributed by atoms with Gasteiger partial charge in [-0.05, 0) is 68.6 Å². The topological polar surface area (TPSA) is 29.5 Å². The van der Waals surface area contributed by atoms with E-state index in [0.717, 1.165) is 27.6 Å². The van der Waals surface area contributed by atoms with Crippen molar-refractivity contribution in [3.63, 3.8) is 0 Å². The maximum absolute atomic E-state index is 11.3.